The van der Waals surface area contributed by atoms with E-state index in [1.807, 2.05) is 19.1 Å². The van der Waals surface area contributed by atoms with Gasteiger partial charge in [0, 0.05) is 22.4 Å². The molecular weight excluding hydrogens is 322 g/mol. The Hall–Kier alpha value is -2.68. The van der Waals surface area contributed by atoms with Crippen molar-refractivity contribution in [2.24, 2.45) is 0 Å². The summed E-state index contributed by atoms with van der Waals surface area (Å²) >= 11 is 0. The van der Waals surface area contributed by atoms with Gasteiger partial charge in [-0.15, -0.1) is 0 Å². The number of fused-ring (bicyclic) bond motifs is 3. The summed E-state index contributed by atoms with van der Waals surface area (Å²) in [5, 5.41) is 22.5. The zero-order valence-corrected chi connectivity index (χ0v) is 16.0. The topological polar surface area (TPSA) is 56.2 Å². The smallest absolute Gasteiger partial charge is 0.124 e. The molecule has 26 heavy (non-hydrogen) atoms. The molecule has 1 aromatic heterocycles. The standard InChI is InChI=1S/C23H27NO2/c1-14(2)6-5-7-15(3)8-10-19-22-20(12-16(4)23(19)26)18-11-9-17(25)13-21(18)24-22/h6,8-9,11-13,24-26H,5,7,10H2,1-4H3/b15-8+. The fourth-order valence-corrected chi connectivity index (χ4v) is 3.40. The fourth-order valence-electron chi connectivity index (χ4n) is 3.40. The number of allylic oxidation sites excluding steroid dienone is 4. The lowest BCUT2D eigenvalue weighted by Gasteiger charge is -2.08. The summed E-state index contributed by atoms with van der Waals surface area (Å²) in [7, 11) is 0. The van der Waals surface area contributed by atoms with Gasteiger partial charge in [-0.25, -0.2) is 0 Å². The SMILES string of the molecule is CC(C)=CCC/C(C)=C/Cc1c(O)c(C)cc2c1[nH]c1cc(O)ccc12. The molecule has 0 aliphatic rings. The number of phenolic OH excluding ortho intramolecular Hbond substituents is 2. The first kappa shape index (κ1) is 18.1. The molecule has 0 saturated heterocycles. The van der Waals surface area contributed by atoms with Crippen LogP contribution in [0.25, 0.3) is 21.8 Å². The van der Waals surface area contributed by atoms with Gasteiger partial charge < -0.3 is 15.2 Å². The van der Waals surface area contributed by atoms with E-state index in [9.17, 15) is 10.2 Å². The molecule has 3 aromatic rings. The first-order chi connectivity index (χ1) is 12.4. The summed E-state index contributed by atoms with van der Waals surface area (Å²) in [5.41, 5.74) is 6.29. The number of aromatic amines is 1. The Morgan fingerprint density at radius 2 is 1.81 bits per heavy atom. The number of aryl methyl sites for hydroxylation is 1. The van der Waals surface area contributed by atoms with Crippen molar-refractivity contribution in [2.75, 3.05) is 0 Å². The van der Waals surface area contributed by atoms with Crippen LogP contribution in [-0.2, 0) is 6.42 Å². The minimum Gasteiger partial charge on any atom is -0.508 e. The molecule has 0 fully saturated rings. The van der Waals surface area contributed by atoms with Gasteiger partial charge in [-0.1, -0.05) is 23.3 Å². The van der Waals surface area contributed by atoms with Crippen LogP contribution in [0.4, 0.5) is 0 Å². The second kappa shape index (κ2) is 7.28. The Balaban J connectivity index is 2.00. The predicted octanol–water partition coefficient (Wildman–Crippen LogP) is 6.28. The molecule has 0 saturated carbocycles. The van der Waals surface area contributed by atoms with Crippen molar-refractivity contribution >= 4 is 21.8 Å². The van der Waals surface area contributed by atoms with Gasteiger partial charge in [0.15, 0.2) is 0 Å². The lowest BCUT2D eigenvalue weighted by atomic mass is 9.99. The number of nitrogens with one attached hydrogen (secondary N) is 1. The molecule has 0 aliphatic heterocycles. The van der Waals surface area contributed by atoms with Gasteiger partial charge in [-0.05, 0) is 70.7 Å². The van der Waals surface area contributed by atoms with Crippen LogP contribution in [0.1, 0.15) is 44.7 Å². The number of aromatic nitrogens is 1. The first-order valence-corrected chi connectivity index (χ1v) is 9.11. The van der Waals surface area contributed by atoms with E-state index in [4.69, 9.17) is 0 Å². The molecule has 3 rings (SSSR count). The highest BCUT2D eigenvalue weighted by Crippen LogP contribution is 2.36. The third-order valence-corrected chi connectivity index (χ3v) is 4.89. The normalized spacial score (nSPS) is 12.1. The van der Waals surface area contributed by atoms with E-state index < -0.39 is 0 Å². The van der Waals surface area contributed by atoms with E-state index in [-0.39, 0.29) is 5.75 Å². The second-order valence-corrected chi connectivity index (χ2v) is 7.37. The van der Waals surface area contributed by atoms with Gasteiger partial charge in [0.25, 0.3) is 0 Å². The highest BCUT2D eigenvalue weighted by atomic mass is 16.3. The van der Waals surface area contributed by atoms with Crippen LogP contribution in [0, 0.1) is 6.92 Å². The van der Waals surface area contributed by atoms with E-state index in [0.717, 1.165) is 45.8 Å². The van der Waals surface area contributed by atoms with Crippen molar-refractivity contribution in [3.05, 3.63) is 58.7 Å². The molecule has 0 bridgehead atoms. The van der Waals surface area contributed by atoms with Gasteiger partial charge in [-0.2, -0.15) is 0 Å². The van der Waals surface area contributed by atoms with Gasteiger partial charge >= 0.3 is 0 Å². The Morgan fingerprint density at radius 1 is 1.04 bits per heavy atom. The summed E-state index contributed by atoms with van der Waals surface area (Å²) in [5.74, 6) is 0.586. The van der Waals surface area contributed by atoms with Crippen LogP contribution in [0.15, 0.2) is 47.6 Å². The zero-order chi connectivity index (χ0) is 18.8. The number of aromatic hydroxyl groups is 2. The third-order valence-electron chi connectivity index (χ3n) is 4.89. The maximum absolute atomic E-state index is 10.6. The van der Waals surface area contributed by atoms with Crippen LogP contribution in [0.3, 0.4) is 0 Å². The van der Waals surface area contributed by atoms with Gasteiger partial charge in [0.2, 0.25) is 0 Å². The highest BCUT2D eigenvalue weighted by Gasteiger charge is 2.14. The summed E-state index contributed by atoms with van der Waals surface area (Å²) in [6.45, 7) is 8.32. The average molecular weight is 349 g/mol. The maximum Gasteiger partial charge on any atom is 0.124 e. The number of hydrogen-bond donors (Lipinski definition) is 3. The number of rotatable bonds is 5. The molecule has 1 heterocycles. The first-order valence-electron chi connectivity index (χ1n) is 9.11. The molecule has 136 valence electrons. The molecule has 2 aromatic carbocycles. The van der Waals surface area contributed by atoms with Crippen LogP contribution in [0.5, 0.6) is 11.5 Å². The lowest BCUT2D eigenvalue weighted by Crippen LogP contribution is -1.90. The Bertz CT molecular complexity index is 1020. The highest BCUT2D eigenvalue weighted by molar-refractivity contribution is 6.09. The molecule has 0 unspecified atom stereocenters. The molecule has 3 N–H and O–H groups in total. The average Bonchev–Trinajstić information content (AvgIpc) is 2.92. The Morgan fingerprint density at radius 3 is 2.54 bits per heavy atom. The van der Waals surface area contributed by atoms with E-state index in [1.165, 1.54) is 11.1 Å². The molecule has 0 amide bonds. The quantitative estimate of drug-likeness (QED) is 0.475. The van der Waals surface area contributed by atoms with Crippen molar-refractivity contribution in [3.8, 4) is 11.5 Å². The van der Waals surface area contributed by atoms with Crippen LogP contribution in [0.2, 0.25) is 0 Å². The lowest BCUT2D eigenvalue weighted by molar-refractivity contribution is 0.466. The van der Waals surface area contributed by atoms with Crippen LogP contribution < -0.4 is 0 Å². The van der Waals surface area contributed by atoms with Crippen molar-refractivity contribution in [3.63, 3.8) is 0 Å². The molecule has 0 aliphatic carbocycles. The van der Waals surface area contributed by atoms with Gasteiger partial charge in [-0.3, -0.25) is 0 Å². The predicted molar refractivity (Wildman–Crippen MR) is 110 cm³/mol. The summed E-state index contributed by atoms with van der Waals surface area (Å²) < 4.78 is 0. The minimum absolute atomic E-state index is 0.238. The summed E-state index contributed by atoms with van der Waals surface area (Å²) in [6, 6.07) is 7.36. The number of phenols is 2. The molecular formula is C23H27NO2. The Kier molecular flexibility index (Phi) is 5.08. The van der Waals surface area contributed by atoms with Crippen molar-refractivity contribution in [1.29, 1.82) is 0 Å². The summed E-state index contributed by atoms with van der Waals surface area (Å²) in [4.78, 5) is 3.38. The molecule has 3 heteroatoms. The van der Waals surface area contributed by atoms with E-state index >= 15 is 0 Å². The monoisotopic (exact) mass is 349 g/mol. The van der Waals surface area contributed by atoms with Crippen molar-refractivity contribution < 1.29 is 10.2 Å². The van der Waals surface area contributed by atoms with Crippen LogP contribution >= 0.6 is 0 Å². The second-order valence-electron chi connectivity index (χ2n) is 7.37. The third kappa shape index (κ3) is 3.62. The van der Waals surface area contributed by atoms with Crippen molar-refractivity contribution in [1.82, 2.24) is 4.98 Å². The molecule has 3 nitrogen and oxygen atoms in total. The van der Waals surface area contributed by atoms with E-state index in [1.54, 1.807) is 12.1 Å². The Labute approximate surface area is 154 Å². The number of H-pyrrole nitrogens is 1. The van der Waals surface area contributed by atoms with E-state index in [0.29, 0.717) is 12.2 Å². The zero-order valence-electron chi connectivity index (χ0n) is 16.0. The number of benzene rings is 2. The maximum atomic E-state index is 10.6. The van der Waals surface area contributed by atoms with Gasteiger partial charge in [0.1, 0.15) is 11.5 Å². The van der Waals surface area contributed by atoms with Crippen molar-refractivity contribution in [2.45, 2.75) is 47.0 Å². The number of hydrogen-bond acceptors (Lipinski definition) is 2. The van der Waals surface area contributed by atoms with Crippen LogP contribution in [-0.4, -0.2) is 15.2 Å². The van der Waals surface area contributed by atoms with E-state index in [2.05, 4.69) is 37.9 Å². The van der Waals surface area contributed by atoms with Gasteiger partial charge in [0.05, 0.1) is 11.0 Å². The molecule has 0 radical (unpaired) electrons. The minimum atomic E-state index is 0.238. The largest absolute Gasteiger partial charge is 0.508 e. The molecule has 0 spiro atoms. The molecule has 0 atom stereocenters. The summed E-state index contributed by atoms with van der Waals surface area (Å²) in [6.07, 6.45) is 7.22. The fraction of sp³-hybridized carbons (Fsp3) is 0.304.